The maximum Gasteiger partial charge on any atom is 0.237 e. The normalized spacial score (nSPS) is 20.4. The van der Waals surface area contributed by atoms with Crippen LogP contribution in [0.25, 0.3) is 0 Å². The van der Waals surface area contributed by atoms with Gasteiger partial charge in [0.25, 0.3) is 0 Å². The molecule has 128 valence electrons. The molecule has 1 fully saturated rings. The molecule has 0 spiro atoms. The fraction of sp³-hybridized carbons (Fsp3) is 0.929. The highest BCUT2D eigenvalue weighted by atomic mass is 32.2. The van der Waals surface area contributed by atoms with Gasteiger partial charge in [-0.15, -0.1) is 0 Å². The number of nitrogens with zero attached hydrogens (tertiary/aromatic N) is 4. The summed E-state index contributed by atoms with van der Waals surface area (Å²) in [6.45, 7) is 9.09. The Morgan fingerprint density at radius 2 is 2.32 bits per heavy atom. The number of nitro groups is 1. The van der Waals surface area contributed by atoms with Crippen LogP contribution in [0, 0.1) is 16.0 Å². The van der Waals surface area contributed by atoms with Crippen molar-refractivity contribution in [2.45, 2.75) is 32.7 Å². The first kappa shape index (κ1) is 19.2. The minimum atomic E-state index is -0.631. The average Bonchev–Trinajstić information content (AvgIpc) is 3.00. The van der Waals surface area contributed by atoms with E-state index in [2.05, 4.69) is 23.8 Å². The molecule has 0 aromatic heterocycles. The summed E-state index contributed by atoms with van der Waals surface area (Å²) in [6, 6.07) is 0.208. The van der Waals surface area contributed by atoms with Gasteiger partial charge in [-0.3, -0.25) is 0 Å². The molecule has 2 atom stereocenters. The maximum absolute atomic E-state index is 10.6. The molecule has 0 aromatic carbocycles. The van der Waals surface area contributed by atoms with Crippen molar-refractivity contribution in [3.8, 4) is 0 Å². The molecule has 7 nitrogen and oxygen atoms in total. The van der Waals surface area contributed by atoms with E-state index in [9.17, 15) is 10.1 Å². The number of thioether (sulfide) groups is 1. The Hall–Kier alpha value is -0.860. The zero-order valence-corrected chi connectivity index (χ0v) is 14.8. The molecule has 1 aliphatic heterocycles. The van der Waals surface area contributed by atoms with Crippen LogP contribution in [0.4, 0.5) is 0 Å². The Kier molecular flexibility index (Phi) is 8.74. The number of hydrazone groups is 1. The van der Waals surface area contributed by atoms with Crippen LogP contribution in [0.2, 0.25) is 0 Å². The summed E-state index contributed by atoms with van der Waals surface area (Å²) in [5, 5.41) is 13.8. The highest BCUT2D eigenvalue weighted by Gasteiger charge is 2.20. The predicted molar refractivity (Wildman–Crippen MR) is 90.8 cm³/mol. The van der Waals surface area contributed by atoms with E-state index < -0.39 is 5.03 Å². The Morgan fingerprint density at radius 1 is 1.59 bits per heavy atom. The van der Waals surface area contributed by atoms with Crippen molar-refractivity contribution in [1.29, 1.82) is 0 Å². The van der Waals surface area contributed by atoms with Gasteiger partial charge < -0.3 is 14.5 Å². The number of hydrogen-bond acceptors (Lipinski definition) is 5. The quantitative estimate of drug-likeness (QED) is 0.293. The second kappa shape index (κ2) is 10.0. The summed E-state index contributed by atoms with van der Waals surface area (Å²) in [5.41, 5.74) is 0. The van der Waals surface area contributed by atoms with Crippen LogP contribution in [0.3, 0.4) is 0 Å². The fourth-order valence-electron chi connectivity index (χ4n) is 2.55. The SMILES string of the molecule is CCN(CCC(C)N(C)C(=N[N+](=O)[O-])SC)CC1CCOC1. The van der Waals surface area contributed by atoms with Gasteiger partial charge >= 0.3 is 0 Å². The molecular weight excluding hydrogens is 304 g/mol. The summed E-state index contributed by atoms with van der Waals surface area (Å²) >= 11 is 1.30. The summed E-state index contributed by atoms with van der Waals surface area (Å²) in [7, 11) is 1.87. The van der Waals surface area contributed by atoms with Crippen molar-refractivity contribution in [1.82, 2.24) is 9.80 Å². The smallest absolute Gasteiger partial charge is 0.237 e. The van der Waals surface area contributed by atoms with Crippen LogP contribution < -0.4 is 0 Å². The van der Waals surface area contributed by atoms with E-state index in [-0.39, 0.29) is 6.04 Å². The third-order valence-corrected chi connectivity index (χ3v) is 4.90. The van der Waals surface area contributed by atoms with E-state index in [0.29, 0.717) is 11.1 Å². The van der Waals surface area contributed by atoms with Crippen molar-refractivity contribution in [2.75, 3.05) is 46.2 Å². The fourth-order valence-corrected chi connectivity index (χ4v) is 3.16. The summed E-state index contributed by atoms with van der Waals surface area (Å²) < 4.78 is 5.43. The molecule has 0 bridgehead atoms. The molecule has 0 amide bonds. The maximum atomic E-state index is 10.6. The zero-order chi connectivity index (χ0) is 16.5. The summed E-state index contributed by atoms with van der Waals surface area (Å²) in [5.74, 6) is 0.644. The standard InChI is InChI=1S/C14H28N4O3S/c1-5-17(10-13-7-9-21-11-13)8-6-12(2)16(3)14(22-4)15-18(19)20/h12-13H,5-11H2,1-4H3. The Bertz CT molecular complexity index is 375. The van der Waals surface area contributed by atoms with Crippen LogP contribution in [0.15, 0.2) is 5.10 Å². The second-order valence-electron chi connectivity index (χ2n) is 5.70. The number of hydrogen-bond donors (Lipinski definition) is 0. The van der Waals surface area contributed by atoms with Gasteiger partial charge in [0.2, 0.25) is 5.17 Å². The molecule has 0 aromatic rings. The van der Waals surface area contributed by atoms with Crippen molar-refractivity contribution in [3.63, 3.8) is 0 Å². The van der Waals surface area contributed by atoms with Crippen LogP contribution >= 0.6 is 11.8 Å². The van der Waals surface area contributed by atoms with Gasteiger partial charge in [-0.25, -0.2) is 10.1 Å². The molecule has 1 heterocycles. The van der Waals surface area contributed by atoms with E-state index in [1.165, 1.54) is 11.8 Å². The lowest BCUT2D eigenvalue weighted by Crippen LogP contribution is -2.38. The third-order valence-electron chi connectivity index (χ3n) is 4.16. The molecule has 2 unspecified atom stereocenters. The van der Waals surface area contributed by atoms with Gasteiger partial charge in [-0.1, -0.05) is 18.7 Å². The van der Waals surface area contributed by atoms with Gasteiger partial charge in [0.05, 0.1) is 11.7 Å². The Labute approximate surface area is 137 Å². The minimum Gasteiger partial charge on any atom is -0.381 e. The first-order valence-electron chi connectivity index (χ1n) is 7.77. The molecule has 1 saturated heterocycles. The lowest BCUT2D eigenvalue weighted by atomic mass is 10.1. The lowest BCUT2D eigenvalue weighted by Gasteiger charge is -2.29. The van der Waals surface area contributed by atoms with Crippen LogP contribution in [-0.2, 0) is 4.74 Å². The molecule has 22 heavy (non-hydrogen) atoms. The largest absolute Gasteiger partial charge is 0.381 e. The lowest BCUT2D eigenvalue weighted by molar-refractivity contribution is -0.485. The molecule has 0 aliphatic carbocycles. The molecule has 1 rings (SSSR count). The van der Waals surface area contributed by atoms with Gasteiger partial charge in [-0.2, -0.15) is 0 Å². The summed E-state index contributed by atoms with van der Waals surface area (Å²) in [4.78, 5) is 14.9. The van der Waals surface area contributed by atoms with E-state index in [1.807, 2.05) is 18.2 Å². The number of amidine groups is 1. The zero-order valence-electron chi connectivity index (χ0n) is 14.0. The first-order valence-corrected chi connectivity index (χ1v) is 9.00. The van der Waals surface area contributed by atoms with Gasteiger partial charge in [0.1, 0.15) is 0 Å². The second-order valence-corrected chi connectivity index (χ2v) is 6.47. The monoisotopic (exact) mass is 332 g/mol. The van der Waals surface area contributed by atoms with Crippen molar-refractivity contribution in [3.05, 3.63) is 10.1 Å². The molecule has 8 heteroatoms. The first-order chi connectivity index (χ1) is 10.5. The van der Waals surface area contributed by atoms with E-state index in [1.54, 1.807) is 0 Å². The number of ether oxygens (including phenoxy) is 1. The van der Waals surface area contributed by atoms with Crippen molar-refractivity contribution >= 4 is 16.9 Å². The average molecular weight is 332 g/mol. The van der Waals surface area contributed by atoms with E-state index in [4.69, 9.17) is 4.74 Å². The number of rotatable bonds is 8. The predicted octanol–water partition coefficient (Wildman–Crippen LogP) is 1.97. The Balaban J connectivity index is 2.44. The minimum absolute atomic E-state index is 0.208. The molecular formula is C14H28N4O3S. The highest BCUT2D eigenvalue weighted by molar-refractivity contribution is 8.13. The van der Waals surface area contributed by atoms with E-state index >= 15 is 0 Å². The van der Waals surface area contributed by atoms with Crippen LogP contribution in [0.5, 0.6) is 0 Å². The molecule has 0 N–H and O–H groups in total. The third kappa shape index (κ3) is 6.50. The summed E-state index contributed by atoms with van der Waals surface area (Å²) in [6.07, 6.45) is 3.91. The highest BCUT2D eigenvalue weighted by Crippen LogP contribution is 2.15. The van der Waals surface area contributed by atoms with Crippen LogP contribution in [-0.4, -0.2) is 72.2 Å². The van der Waals surface area contributed by atoms with Crippen LogP contribution in [0.1, 0.15) is 26.7 Å². The molecule has 0 saturated carbocycles. The molecule has 0 radical (unpaired) electrons. The van der Waals surface area contributed by atoms with Crippen molar-refractivity contribution in [2.24, 2.45) is 11.0 Å². The Morgan fingerprint density at radius 3 is 2.82 bits per heavy atom. The van der Waals surface area contributed by atoms with Gasteiger partial charge in [0.15, 0.2) is 5.03 Å². The van der Waals surface area contributed by atoms with E-state index in [0.717, 1.165) is 45.7 Å². The van der Waals surface area contributed by atoms with Gasteiger partial charge in [0, 0.05) is 32.8 Å². The molecule has 1 aliphatic rings. The van der Waals surface area contributed by atoms with Gasteiger partial charge in [-0.05, 0) is 38.5 Å². The topological polar surface area (TPSA) is 71.2 Å². The van der Waals surface area contributed by atoms with Crippen molar-refractivity contribution < 1.29 is 9.77 Å².